The van der Waals surface area contributed by atoms with E-state index in [4.69, 9.17) is 14.4 Å². The molecule has 0 amide bonds. The van der Waals surface area contributed by atoms with Gasteiger partial charge in [-0.1, -0.05) is 11.2 Å². The summed E-state index contributed by atoms with van der Waals surface area (Å²) in [6.45, 7) is -0.140. The van der Waals surface area contributed by atoms with Crippen LogP contribution in [0.25, 0.3) is 0 Å². The van der Waals surface area contributed by atoms with Gasteiger partial charge in [0.15, 0.2) is 18.2 Å². The number of rotatable bonds is 5. The van der Waals surface area contributed by atoms with E-state index in [1.54, 1.807) is 6.07 Å². The number of halogens is 1. The highest BCUT2D eigenvalue weighted by molar-refractivity contribution is 5.29. The predicted octanol–water partition coefficient (Wildman–Crippen LogP) is 2.16. The van der Waals surface area contributed by atoms with Gasteiger partial charge in [-0.2, -0.15) is 4.98 Å². The normalized spacial score (nSPS) is 14.6. The summed E-state index contributed by atoms with van der Waals surface area (Å²) in [6.07, 6.45) is 2.17. The van der Waals surface area contributed by atoms with Gasteiger partial charge >= 0.3 is 0 Å². The molecule has 2 aromatic rings. The van der Waals surface area contributed by atoms with Gasteiger partial charge in [0.05, 0.1) is 6.61 Å². The van der Waals surface area contributed by atoms with Crippen LogP contribution in [0, 0.1) is 5.82 Å². The fraction of sp³-hybridized carbons (Fsp3) is 0.385. The number of hydrogen-bond acceptors (Lipinski definition) is 5. The van der Waals surface area contributed by atoms with Crippen LogP contribution in [0.5, 0.6) is 5.75 Å². The van der Waals surface area contributed by atoms with Crippen LogP contribution in [0.1, 0.15) is 36.0 Å². The van der Waals surface area contributed by atoms with E-state index in [0.29, 0.717) is 23.2 Å². The van der Waals surface area contributed by atoms with Gasteiger partial charge in [-0.05, 0) is 30.5 Å². The molecule has 1 saturated carbocycles. The van der Waals surface area contributed by atoms with E-state index in [2.05, 4.69) is 10.1 Å². The van der Waals surface area contributed by atoms with Crippen LogP contribution in [0.4, 0.5) is 4.39 Å². The van der Waals surface area contributed by atoms with Crippen molar-refractivity contribution >= 4 is 0 Å². The number of aliphatic hydroxyl groups is 1. The Hall–Kier alpha value is -1.95. The number of aliphatic hydroxyl groups excluding tert-OH is 1. The molecule has 0 saturated heterocycles. The molecule has 0 spiro atoms. The number of benzene rings is 1. The molecule has 0 bridgehead atoms. The quantitative estimate of drug-likeness (QED) is 0.896. The fourth-order valence-electron chi connectivity index (χ4n) is 1.72. The SMILES string of the molecule is OCc1ccc(OCc2noc(C3CC3)n2)c(F)c1. The van der Waals surface area contributed by atoms with Crippen LogP contribution in [0.3, 0.4) is 0 Å². The summed E-state index contributed by atoms with van der Waals surface area (Å²) in [4.78, 5) is 4.19. The van der Waals surface area contributed by atoms with Gasteiger partial charge in [0.1, 0.15) is 0 Å². The summed E-state index contributed by atoms with van der Waals surface area (Å²) >= 11 is 0. The smallest absolute Gasteiger partial charge is 0.229 e. The predicted molar refractivity (Wildman–Crippen MR) is 62.9 cm³/mol. The molecule has 5 nitrogen and oxygen atoms in total. The van der Waals surface area contributed by atoms with E-state index >= 15 is 0 Å². The zero-order chi connectivity index (χ0) is 13.2. The van der Waals surface area contributed by atoms with Gasteiger partial charge in [0.25, 0.3) is 0 Å². The highest BCUT2D eigenvalue weighted by atomic mass is 19.1. The van der Waals surface area contributed by atoms with Crippen molar-refractivity contribution in [1.82, 2.24) is 10.1 Å². The van der Waals surface area contributed by atoms with Crippen molar-refractivity contribution in [2.45, 2.75) is 32.0 Å². The summed E-state index contributed by atoms with van der Waals surface area (Å²) < 4.78 is 24.0. The first-order chi connectivity index (χ1) is 9.26. The Labute approximate surface area is 109 Å². The van der Waals surface area contributed by atoms with Crippen molar-refractivity contribution in [1.29, 1.82) is 0 Å². The number of ether oxygens (including phenoxy) is 1. The van der Waals surface area contributed by atoms with E-state index in [1.807, 2.05) is 0 Å². The summed E-state index contributed by atoms with van der Waals surface area (Å²) in [5, 5.41) is 12.7. The molecule has 100 valence electrons. The Morgan fingerprint density at radius 1 is 1.42 bits per heavy atom. The van der Waals surface area contributed by atoms with Gasteiger partial charge in [-0.15, -0.1) is 0 Å². The first-order valence-corrected chi connectivity index (χ1v) is 6.11. The maximum atomic E-state index is 13.6. The number of hydrogen-bond donors (Lipinski definition) is 1. The van der Waals surface area contributed by atoms with Gasteiger partial charge < -0.3 is 14.4 Å². The molecular weight excluding hydrogens is 251 g/mol. The zero-order valence-electron chi connectivity index (χ0n) is 10.2. The lowest BCUT2D eigenvalue weighted by Crippen LogP contribution is -2.00. The zero-order valence-corrected chi connectivity index (χ0v) is 10.2. The van der Waals surface area contributed by atoms with Gasteiger partial charge in [0, 0.05) is 5.92 Å². The largest absolute Gasteiger partial charge is 0.482 e. The second kappa shape index (κ2) is 4.97. The maximum Gasteiger partial charge on any atom is 0.229 e. The first kappa shape index (κ1) is 12.1. The van der Waals surface area contributed by atoms with Crippen LogP contribution in [-0.2, 0) is 13.2 Å². The Morgan fingerprint density at radius 2 is 2.26 bits per heavy atom. The molecule has 0 unspecified atom stereocenters. The lowest BCUT2D eigenvalue weighted by molar-refractivity contribution is 0.268. The molecule has 19 heavy (non-hydrogen) atoms. The lowest BCUT2D eigenvalue weighted by Gasteiger charge is -2.05. The molecular formula is C13H13FN2O3. The topological polar surface area (TPSA) is 68.4 Å². The Bertz CT molecular complexity index is 581. The van der Waals surface area contributed by atoms with Crippen LogP contribution in [-0.4, -0.2) is 15.2 Å². The molecule has 1 fully saturated rings. The third kappa shape index (κ3) is 2.73. The highest BCUT2D eigenvalue weighted by Gasteiger charge is 2.29. The average Bonchev–Trinajstić information content (AvgIpc) is 3.17. The maximum absolute atomic E-state index is 13.6. The highest BCUT2D eigenvalue weighted by Crippen LogP contribution is 2.38. The molecule has 0 aliphatic heterocycles. The second-order valence-electron chi connectivity index (χ2n) is 4.53. The van der Waals surface area contributed by atoms with E-state index in [9.17, 15) is 4.39 Å². The number of nitrogens with zero attached hydrogens (tertiary/aromatic N) is 2. The molecule has 1 heterocycles. The van der Waals surface area contributed by atoms with Crippen molar-refractivity contribution < 1.29 is 18.8 Å². The van der Waals surface area contributed by atoms with Crippen molar-refractivity contribution in [3.8, 4) is 5.75 Å². The van der Waals surface area contributed by atoms with Crippen molar-refractivity contribution in [2.24, 2.45) is 0 Å². The Kier molecular flexibility index (Phi) is 3.16. The second-order valence-corrected chi connectivity index (χ2v) is 4.53. The van der Waals surface area contributed by atoms with Gasteiger partial charge in [-0.25, -0.2) is 4.39 Å². The Balaban J connectivity index is 1.64. The molecule has 6 heteroatoms. The summed E-state index contributed by atoms with van der Waals surface area (Å²) in [6, 6.07) is 4.31. The minimum absolute atomic E-state index is 0.0611. The van der Waals surface area contributed by atoms with Crippen LogP contribution < -0.4 is 4.74 Å². The monoisotopic (exact) mass is 264 g/mol. The Morgan fingerprint density at radius 3 is 2.95 bits per heavy atom. The molecule has 1 aromatic heterocycles. The first-order valence-electron chi connectivity index (χ1n) is 6.11. The summed E-state index contributed by atoms with van der Waals surface area (Å²) in [5.74, 6) is 1.02. The molecule has 0 radical (unpaired) electrons. The van der Waals surface area contributed by atoms with Crippen LogP contribution in [0.2, 0.25) is 0 Å². The minimum Gasteiger partial charge on any atom is -0.482 e. The molecule has 1 aromatic carbocycles. The third-order valence-corrected chi connectivity index (χ3v) is 2.95. The van der Waals surface area contributed by atoms with Crippen LogP contribution >= 0.6 is 0 Å². The fourth-order valence-corrected chi connectivity index (χ4v) is 1.72. The van der Waals surface area contributed by atoms with Crippen molar-refractivity contribution in [3.05, 3.63) is 41.3 Å². The molecule has 1 aliphatic carbocycles. The lowest BCUT2D eigenvalue weighted by atomic mass is 10.2. The average molecular weight is 264 g/mol. The summed E-state index contributed by atoms with van der Waals surface area (Å²) in [5.41, 5.74) is 0.500. The molecule has 3 rings (SSSR count). The van der Waals surface area contributed by atoms with Gasteiger partial charge in [0.2, 0.25) is 11.7 Å². The minimum atomic E-state index is -0.516. The third-order valence-electron chi connectivity index (χ3n) is 2.95. The van der Waals surface area contributed by atoms with Crippen molar-refractivity contribution in [2.75, 3.05) is 0 Å². The van der Waals surface area contributed by atoms with E-state index in [0.717, 1.165) is 12.8 Å². The standard InChI is InChI=1S/C13H13FN2O3/c14-10-5-8(6-17)1-4-11(10)18-7-12-15-13(19-16-12)9-2-3-9/h1,4-5,9,17H,2-3,6-7H2. The summed E-state index contributed by atoms with van der Waals surface area (Å²) in [7, 11) is 0. The molecule has 1 N–H and O–H groups in total. The van der Waals surface area contributed by atoms with Crippen molar-refractivity contribution in [3.63, 3.8) is 0 Å². The molecule has 1 aliphatic rings. The van der Waals surface area contributed by atoms with E-state index < -0.39 is 5.82 Å². The van der Waals surface area contributed by atoms with Gasteiger partial charge in [-0.3, -0.25) is 0 Å². The number of aromatic nitrogens is 2. The molecule has 0 atom stereocenters. The van der Waals surface area contributed by atoms with E-state index in [-0.39, 0.29) is 19.0 Å². The van der Waals surface area contributed by atoms with Crippen LogP contribution in [0.15, 0.2) is 22.7 Å². The van der Waals surface area contributed by atoms with E-state index in [1.165, 1.54) is 12.1 Å².